The summed E-state index contributed by atoms with van der Waals surface area (Å²) in [6.07, 6.45) is 7.64. The number of fused-ring (bicyclic) bond motifs is 1. The van der Waals surface area contributed by atoms with Gasteiger partial charge in [0.15, 0.2) is 0 Å². The number of hydrogen-bond donors (Lipinski definition) is 1. The molecule has 1 aliphatic carbocycles. The Morgan fingerprint density at radius 3 is 2.60 bits per heavy atom. The van der Waals surface area contributed by atoms with Gasteiger partial charge in [0, 0.05) is 18.8 Å². The molecule has 0 bridgehead atoms. The Labute approximate surface area is 123 Å². The van der Waals surface area contributed by atoms with E-state index in [0.29, 0.717) is 5.41 Å². The minimum absolute atomic E-state index is 0.146. The van der Waals surface area contributed by atoms with E-state index in [1.807, 2.05) is 0 Å². The first-order valence-electron chi connectivity index (χ1n) is 8.16. The maximum absolute atomic E-state index is 6.34. The highest BCUT2D eigenvalue weighted by atomic mass is 15.2. The summed E-state index contributed by atoms with van der Waals surface area (Å²) < 4.78 is 0. The van der Waals surface area contributed by atoms with Gasteiger partial charge in [0.25, 0.3) is 0 Å². The van der Waals surface area contributed by atoms with Gasteiger partial charge in [0.1, 0.15) is 0 Å². The van der Waals surface area contributed by atoms with Crippen molar-refractivity contribution in [2.75, 3.05) is 18.0 Å². The van der Waals surface area contributed by atoms with Crippen molar-refractivity contribution in [2.45, 2.75) is 57.9 Å². The van der Waals surface area contributed by atoms with Crippen molar-refractivity contribution in [1.82, 2.24) is 0 Å². The molecule has 1 saturated carbocycles. The van der Waals surface area contributed by atoms with Gasteiger partial charge in [-0.05, 0) is 49.1 Å². The molecule has 0 amide bonds. The minimum atomic E-state index is 0.146. The lowest BCUT2D eigenvalue weighted by atomic mass is 9.73. The summed E-state index contributed by atoms with van der Waals surface area (Å²) in [5, 5.41) is 0. The van der Waals surface area contributed by atoms with Gasteiger partial charge in [-0.3, -0.25) is 0 Å². The molecule has 0 radical (unpaired) electrons. The van der Waals surface area contributed by atoms with Crippen molar-refractivity contribution in [2.24, 2.45) is 11.1 Å². The van der Waals surface area contributed by atoms with Gasteiger partial charge in [-0.15, -0.1) is 0 Å². The van der Waals surface area contributed by atoms with Crippen LogP contribution in [-0.4, -0.2) is 18.6 Å². The number of nitrogens with two attached hydrogens (primary N) is 1. The molecule has 20 heavy (non-hydrogen) atoms. The molecule has 0 spiro atoms. The van der Waals surface area contributed by atoms with E-state index in [9.17, 15) is 0 Å². The lowest BCUT2D eigenvalue weighted by molar-refractivity contribution is 0.199. The van der Waals surface area contributed by atoms with Gasteiger partial charge in [-0.1, -0.05) is 38.5 Å². The summed E-state index contributed by atoms with van der Waals surface area (Å²) in [4.78, 5) is 2.68. The molecule has 0 saturated heterocycles. The molecule has 2 aliphatic rings. The van der Waals surface area contributed by atoms with E-state index in [0.717, 1.165) is 13.1 Å². The van der Waals surface area contributed by atoms with Crippen LogP contribution < -0.4 is 10.6 Å². The Bertz CT molecular complexity index is 480. The topological polar surface area (TPSA) is 29.3 Å². The normalized spacial score (nSPS) is 29.1. The standard InChI is InChI=1S/C18H28N2/c1-17(2)11-7-12-18(17,14-19)20-13-6-5-9-15-8-3-4-10-16(15)20/h3-4,8,10H,5-7,9,11-14,19H2,1-2H3. The van der Waals surface area contributed by atoms with Crippen LogP contribution in [0.5, 0.6) is 0 Å². The summed E-state index contributed by atoms with van der Waals surface area (Å²) in [6.45, 7) is 6.77. The van der Waals surface area contributed by atoms with Crippen molar-refractivity contribution in [3.05, 3.63) is 29.8 Å². The number of benzene rings is 1. The molecule has 1 fully saturated rings. The van der Waals surface area contributed by atoms with Gasteiger partial charge in [-0.2, -0.15) is 0 Å². The maximum atomic E-state index is 6.34. The quantitative estimate of drug-likeness (QED) is 0.888. The average molecular weight is 272 g/mol. The molecule has 3 rings (SSSR count). The van der Waals surface area contributed by atoms with Crippen molar-refractivity contribution in [1.29, 1.82) is 0 Å². The monoisotopic (exact) mass is 272 g/mol. The van der Waals surface area contributed by atoms with Gasteiger partial charge in [0.2, 0.25) is 0 Å². The first kappa shape index (κ1) is 13.9. The maximum Gasteiger partial charge on any atom is 0.0574 e. The van der Waals surface area contributed by atoms with Gasteiger partial charge in [-0.25, -0.2) is 0 Å². The molecular weight excluding hydrogens is 244 g/mol. The third-order valence-electron chi connectivity index (χ3n) is 5.87. The molecule has 1 atom stereocenters. The van der Waals surface area contributed by atoms with Crippen LogP contribution in [0.15, 0.2) is 24.3 Å². The van der Waals surface area contributed by atoms with E-state index < -0.39 is 0 Å². The minimum Gasteiger partial charge on any atom is -0.364 e. The number of nitrogens with zero attached hydrogens (tertiary/aromatic N) is 1. The number of anilines is 1. The second-order valence-corrected chi connectivity index (χ2v) is 7.21. The zero-order valence-electron chi connectivity index (χ0n) is 13.0. The molecule has 0 aromatic heterocycles. The molecular formula is C18H28N2. The van der Waals surface area contributed by atoms with Crippen LogP contribution in [0.25, 0.3) is 0 Å². The van der Waals surface area contributed by atoms with Crippen molar-refractivity contribution < 1.29 is 0 Å². The first-order valence-corrected chi connectivity index (χ1v) is 8.16. The highest BCUT2D eigenvalue weighted by Crippen LogP contribution is 2.51. The largest absolute Gasteiger partial charge is 0.364 e. The van der Waals surface area contributed by atoms with Crippen LogP contribution in [-0.2, 0) is 6.42 Å². The number of aryl methyl sites for hydroxylation is 1. The first-order chi connectivity index (χ1) is 9.61. The Morgan fingerprint density at radius 2 is 1.90 bits per heavy atom. The molecule has 2 heteroatoms. The van der Waals surface area contributed by atoms with Crippen molar-refractivity contribution >= 4 is 5.69 Å². The second kappa shape index (κ2) is 5.07. The number of rotatable bonds is 2. The van der Waals surface area contributed by atoms with Crippen LogP contribution in [0.3, 0.4) is 0 Å². The fraction of sp³-hybridized carbons (Fsp3) is 0.667. The molecule has 1 aromatic carbocycles. The summed E-state index contributed by atoms with van der Waals surface area (Å²) in [7, 11) is 0. The van der Waals surface area contributed by atoms with Crippen LogP contribution in [0.4, 0.5) is 5.69 Å². The van der Waals surface area contributed by atoms with E-state index in [4.69, 9.17) is 5.73 Å². The van der Waals surface area contributed by atoms with E-state index in [1.54, 1.807) is 0 Å². The van der Waals surface area contributed by atoms with E-state index in [-0.39, 0.29) is 5.54 Å². The number of hydrogen-bond acceptors (Lipinski definition) is 2. The highest BCUT2D eigenvalue weighted by molar-refractivity contribution is 5.57. The third kappa shape index (κ3) is 1.96. The van der Waals surface area contributed by atoms with Crippen molar-refractivity contribution in [3.8, 4) is 0 Å². The van der Waals surface area contributed by atoms with Crippen LogP contribution in [0, 0.1) is 5.41 Å². The lowest BCUT2D eigenvalue weighted by Gasteiger charge is -2.51. The molecule has 1 aromatic rings. The summed E-state index contributed by atoms with van der Waals surface area (Å²) in [5.41, 5.74) is 9.76. The van der Waals surface area contributed by atoms with Crippen LogP contribution >= 0.6 is 0 Å². The predicted molar refractivity (Wildman–Crippen MR) is 86.1 cm³/mol. The van der Waals surface area contributed by atoms with Gasteiger partial charge >= 0.3 is 0 Å². The zero-order chi connectivity index (χ0) is 14.2. The molecule has 2 nitrogen and oxygen atoms in total. The summed E-state index contributed by atoms with van der Waals surface area (Å²) >= 11 is 0. The molecule has 1 unspecified atom stereocenters. The summed E-state index contributed by atoms with van der Waals surface area (Å²) in [5.74, 6) is 0. The van der Waals surface area contributed by atoms with E-state index in [2.05, 4.69) is 43.0 Å². The predicted octanol–water partition coefficient (Wildman–Crippen LogP) is 3.74. The molecule has 1 aliphatic heterocycles. The van der Waals surface area contributed by atoms with E-state index >= 15 is 0 Å². The zero-order valence-corrected chi connectivity index (χ0v) is 13.0. The molecule has 110 valence electrons. The molecule has 2 N–H and O–H groups in total. The summed E-state index contributed by atoms with van der Waals surface area (Å²) in [6, 6.07) is 8.98. The Kier molecular flexibility index (Phi) is 3.53. The smallest absolute Gasteiger partial charge is 0.0574 e. The van der Waals surface area contributed by atoms with Crippen LogP contribution in [0.2, 0.25) is 0 Å². The lowest BCUT2D eigenvalue weighted by Crippen LogP contribution is -2.60. The van der Waals surface area contributed by atoms with Crippen LogP contribution in [0.1, 0.15) is 51.5 Å². The molecule has 1 heterocycles. The second-order valence-electron chi connectivity index (χ2n) is 7.21. The fourth-order valence-corrected chi connectivity index (χ4v) is 4.52. The Morgan fingerprint density at radius 1 is 1.10 bits per heavy atom. The Hall–Kier alpha value is -1.02. The number of para-hydroxylation sites is 1. The Balaban J connectivity index is 2.08. The van der Waals surface area contributed by atoms with Gasteiger partial charge in [0.05, 0.1) is 5.54 Å². The SMILES string of the molecule is CC1(C)CCCC1(CN)N1CCCCc2ccccc21. The average Bonchev–Trinajstić information content (AvgIpc) is 2.63. The van der Waals surface area contributed by atoms with E-state index in [1.165, 1.54) is 49.8 Å². The highest BCUT2D eigenvalue weighted by Gasteiger charge is 2.52. The fourth-order valence-electron chi connectivity index (χ4n) is 4.52. The van der Waals surface area contributed by atoms with Gasteiger partial charge < -0.3 is 10.6 Å². The van der Waals surface area contributed by atoms with Crippen molar-refractivity contribution in [3.63, 3.8) is 0 Å². The third-order valence-corrected chi connectivity index (χ3v) is 5.87.